The van der Waals surface area contributed by atoms with E-state index in [0.717, 1.165) is 0 Å². The van der Waals surface area contributed by atoms with Crippen LogP contribution in [0.3, 0.4) is 0 Å². The lowest BCUT2D eigenvalue weighted by molar-refractivity contribution is -0.117. The quantitative estimate of drug-likeness (QED) is 0.371. The number of nitrogens with one attached hydrogen (secondary N) is 3. The topological polar surface area (TPSA) is 127 Å². The maximum Gasteiger partial charge on any atom is 0.269 e. The molecule has 0 unspecified atom stereocenters. The van der Waals surface area contributed by atoms with Crippen molar-refractivity contribution in [3.05, 3.63) is 83.8 Å². The van der Waals surface area contributed by atoms with Crippen LogP contribution < -0.4 is 20.3 Å². The van der Waals surface area contributed by atoms with Crippen molar-refractivity contribution >= 4 is 33.6 Å². The lowest BCUT2D eigenvalue weighted by Crippen LogP contribution is -2.40. The van der Waals surface area contributed by atoms with E-state index in [1.807, 2.05) is 0 Å². The second-order valence-corrected chi connectivity index (χ2v) is 8.24. The third kappa shape index (κ3) is 5.76. The summed E-state index contributed by atoms with van der Waals surface area (Å²) in [6, 6.07) is 15.4. The van der Waals surface area contributed by atoms with E-state index < -0.39 is 21.8 Å². The number of hydrogen-bond donors (Lipinski definition) is 3. The molecule has 3 aromatic rings. The number of ether oxygens (including phenoxy) is 1. The molecule has 1 heterocycles. The molecule has 32 heavy (non-hydrogen) atoms. The highest BCUT2D eigenvalue weighted by atomic mass is 32.2. The Morgan fingerprint density at radius 3 is 2.50 bits per heavy atom. The molecule has 0 radical (unpaired) electrons. The van der Waals surface area contributed by atoms with Gasteiger partial charge in [0.05, 0.1) is 17.7 Å². The van der Waals surface area contributed by atoms with Crippen LogP contribution in [-0.4, -0.2) is 27.3 Å². The number of benzene rings is 2. The van der Waals surface area contributed by atoms with Crippen molar-refractivity contribution in [3.63, 3.8) is 0 Å². The van der Waals surface area contributed by atoms with Gasteiger partial charge >= 0.3 is 0 Å². The molecule has 0 saturated heterocycles. The molecule has 0 aliphatic heterocycles. The Kier molecular flexibility index (Phi) is 6.96. The molecule has 166 valence electrons. The largest absolute Gasteiger partial charge is 0.495 e. The van der Waals surface area contributed by atoms with Gasteiger partial charge in [0.25, 0.3) is 21.8 Å². The van der Waals surface area contributed by atoms with Crippen molar-refractivity contribution in [2.75, 3.05) is 11.8 Å². The zero-order chi connectivity index (χ0) is 23.1. The van der Waals surface area contributed by atoms with Crippen molar-refractivity contribution < 1.29 is 27.2 Å². The highest BCUT2D eigenvalue weighted by Crippen LogP contribution is 2.26. The lowest BCUT2D eigenvalue weighted by Gasteiger charge is -2.12. The van der Waals surface area contributed by atoms with Gasteiger partial charge in [-0.2, -0.15) is 0 Å². The zero-order valence-corrected chi connectivity index (χ0v) is 18.1. The summed E-state index contributed by atoms with van der Waals surface area (Å²) in [5.74, 6) is 0.271. The van der Waals surface area contributed by atoms with Gasteiger partial charge in [-0.1, -0.05) is 18.2 Å². The smallest absolute Gasteiger partial charge is 0.269 e. The number of hydrazine groups is 1. The number of carbonyl (C=O) groups excluding carboxylic acids is 2. The van der Waals surface area contributed by atoms with Crippen molar-refractivity contribution in [1.82, 2.24) is 10.9 Å². The molecule has 0 aliphatic carbocycles. The molecule has 2 aromatic carbocycles. The Balaban J connectivity index is 1.66. The standard InChI is InChI=1S/C22H21N3O6S/c1-15-10-11-17(31-15)12-13-21(26)23-24-22(27)16-6-5-7-18(14-16)32(28,29)25-19-8-3-4-9-20(19)30-2/h3-14,25H,1-2H3,(H,23,26)(H,24,27)/b13-12+. The summed E-state index contributed by atoms with van der Waals surface area (Å²) >= 11 is 0. The summed E-state index contributed by atoms with van der Waals surface area (Å²) in [6.45, 7) is 1.78. The summed E-state index contributed by atoms with van der Waals surface area (Å²) in [4.78, 5) is 24.1. The van der Waals surface area contributed by atoms with Crippen LogP contribution in [0.1, 0.15) is 21.9 Å². The summed E-state index contributed by atoms with van der Waals surface area (Å²) < 4.78 is 38.4. The number of methoxy groups -OCH3 is 1. The molecular formula is C22H21N3O6S. The van der Waals surface area contributed by atoms with Crippen LogP contribution >= 0.6 is 0 Å². The fourth-order valence-corrected chi connectivity index (χ4v) is 3.79. The SMILES string of the molecule is COc1ccccc1NS(=O)(=O)c1cccc(C(=O)NNC(=O)/C=C/c2ccc(C)o2)c1. The van der Waals surface area contributed by atoms with Gasteiger partial charge in [0, 0.05) is 11.6 Å². The molecular weight excluding hydrogens is 434 g/mol. The molecule has 0 atom stereocenters. The average Bonchev–Trinajstić information content (AvgIpc) is 3.21. The fraction of sp³-hybridized carbons (Fsp3) is 0.0909. The first-order chi connectivity index (χ1) is 15.3. The average molecular weight is 455 g/mol. The second kappa shape index (κ2) is 9.84. The van der Waals surface area contributed by atoms with Crippen LogP contribution in [-0.2, 0) is 14.8 Å². The Hall–Kier alpha value is -4.05. The van der Waals surface area contributed by atoms with Crippen LogP contribution in [0.15, 0.2) is 76.1 Å². The molecule has 1 aromatic heterocycles. The van der Waals surface area contributed by atoms with Gasteiger partial charge in [-0.25, -0.2) is 8.42 Å². The van der Waals surface area contributed by atoms with Crippen molar-refractivity contribution in [1.29, 1.82) is 0 Å². The van der Waals surface area contributed by atoms with E-state index in [1.54, 1.807) is 43.3 Å². The maximum atomic E-state index is 12.7. The predicted octanol–water partition coefficient (Wildman–Crippen LogP) is 2.87. The van der Waals surface area contributed by atoms with E-state index in [-0.39, 0.29) is 16.1 Å². The minimum atomic E-state index is -3.99. The number of sulfonamides is 1. The molecule has 3 N–H and O–H groups in total. The van der Waals surface area contributed by atoms with Gasteiger partial charge in [0.2, 0.25) is 0 Å². The van der Waals surface area contributed by atoms with Crippen molar-refractivity contribution in [2.24, 2.45) is 0 Å². The Bertz CT molecular complexity index is 1260. The molecule has 10 heteroatoms. The molecule has 0 spiro atoms. The monoisotopic (exact) mass is 455 g/mol. The van der Waals surface area contributed by atoms with E-state index >= 15 is 0 Å². The third-order valence-corrected chi connectivity index (χ3v) is 5.58. The van der Waals surface area contributed by atoms with E-state index in [9.17, 15) is 18.0 Å². The third-order valence-electron chi connectivity index (χ3n) is 4.22. The summed E-state index contributed by atoms with van der Waals surface area (Å²) in [5.41, 5.74) is 4.75. The number of para-hydroxylation sites is 2. The van der Waals surface area contributed by atoms with E-state index in [0.29, 0.717) is 17.3 Å². The number of hydrogen-bond acceptors (Lipinski definition) is 6. The van der Waals surface area contributed by atoms with Gasteiger partial charge in [0.1, 0.15) is 17.3 Å². The lowest BCUT2D eigenvalue weighted by atomic mass is 10.2. The van der Waals surface area contributed by atoms with Crippen molar-refractivity contribution in [3.8, 4) is 5.75 Å². The van der Waals surface area contributed by atoms with Crippen LogP contribution in [0.5, 0.6) is 5.75 Å². The summed E-state index contributed by atoms with van der Waals surface area (Å²) in [5, 5.41) is 0. The number of amides is 2. The number of carbonyl (C=O) groups is 2. The summed E-state index contributed by atoms with van der Waals surface area (Å²) in [7, 11) is -2.56. The molecule has 9 nitrogen and oxygen atoms in total. The highest BCUT2D eigenvalue weighted by molar-refractivity contribution is 7.92. The second-order valence-electron chi connectivity index (χ2n) is 6.56. The molecule has 3 rings (SSSR count). The first kappa shape index (κ1) is 22.6. The Labute approximate surface area is 185 Å². The first-order valence-electron chi connectivity index (χ1n) is 9.39. The predicted molar refractivity (Wildman–Crippen MR) is 118 cm³/mol. The normalized spacial score (nSPS) is 11.2. The number of furan rings is 1. The number of anilines is 1. The van der Waals surface area contributed by atoms with Crippen LogP contribution in [0.2, 0.25) is 0 Å². The molecule has 0 saturated carbocycles. The maximum absolute atomic E-state index is 12.7. The van der Waals surface area contributed by atoms with Gasteiger partial charge in [-0.05, 0) is 55.5 Å². The number of rotatable bonds is 7. The molecule has 0 fully saturated rings. The minimum Gasteiger partial charge on any atom is -0.495 e. The first-order valence-corrected chi connectivity index (χ1v) is 10.9. The highest BCUT2D eigenvalue weighted by Gasteiger charge is 2.18. The van der Waals surface area contributed by atoms with Crippen LogP contribution in [0.4, 0.5) is 5.69 Å². The fourth-order valence-electron chi connectivity index (χ4n) is 2.67. The van der Waals surface area contributed by atoms with E-state index in [2.05, 4.69) is 15.6 Å². The minimum absolute atomic E-state index is 0.0406. The zero-order valence-electron chi connectivity index (χ0n) is 17.3. The van der Waals surface area contributed by atoms with Gasteiger partial charge in [0.15, 0.2) is 0 Å². The van der Waals surface area contributed by atoms with Crippen LogP contribution in [0, 0.1) is 6.92 Å². The summed E-state index contributed by atoms with van der Waals surface area (Å²) in [6.07, 6.45) is 2.64. The van der Waals surface area contributed by atoms with E-state index in [1.165, 1.54) is 43.5 Å². The molecule has 2 amide bonds. The Morgan fingerprint density at radius 2 is 1.78 bits per heavy atom. The van der Waals surface area contributed by atoms with Gasteiger partial charge in [-0.15, -0.1) is 0 Å². The van der Waals surface area contributed by atoms with Gasteiger partial charge < -0.3 is 9.15 Å². The van der Waals surface area contributed by atoms with Crippen molar-refractivity contribution in [2.45, 2.75) is 11.8 Å². The van der Waals surface area contributed by atoms with Crippen LogP contribution in [0.25, 0.3) is 6.08 Å². The molecule has 0 aliphatic rings. The Morgan fingerprint density at radius 1 is 1.00 bits per heavy atom. The van der Waals surface area contributed by atoms with Gasteiger partial charge in [-0.3, -0.25) is 25.2 Å². The molecule has 0 bridgehead atoms. The van der Waals surface area contributed by atoms with E-state index in [4.69, 9.17) is 9.15 Å². The number of aryl methyl sites for hydroxylation is 1.